The number of benzene rings is 1. The predicted octanol–water partition coefficient (Wildman–Crippen LogP) is 0.478. The molecule has 0 aliphatic heterocycles. The van der Waals surface area contributed by atoms with E-state index in [-0.39, 0.29) is 22.4 Å². The van der Waals surface area contributed by atoms with Crippen molar-refractivity contribution in [2.75, 3.05) is 7.11 Å². The fourth-order valence-electron chi connectivity index (χ4n) is 1.24. The van der Waals surface area contributed by atoms with Crippen LogP contribution in [0.2, 0.25) is 0 Å². The van der Waals surface area contributed by atoms with Gasteiger partial charge in [0.15, 0.2) is 6.29 Å². The molecule has 2 N–H and O–H groups in total. The summed E-state index contributed by atoms with van der Waals surface area (Å²) in [7, 11) is 1.36. The Morgan fingerprint density at radius 1 is 1.60 bits per heavy atom. The third kappa shape index (κ3) is 1.79. The number of carbonyl (C=O) groups is 2. The molecule has 0 radical (unpaired) electrons. The highest BCUT2D eigenvalue weighted by Gasteiger charge is 2.17. The molecule has 0 saturated heterocycles. The van der Waals surface area contributed by atoms with Crippen LogP contribution in [0.5, 0.6) is 5.75 Å². The minimum Gasteiger partial charge on any atom is -0.495 e. The minimum absolute atomic E-state index is 0.0189. The number of methoxy groups -OCH3 is 1. The quantitative estimate of drug-likeness (QED) is 0.724. The molecule has 0 unspecified atom stereocenters. The number of nitrogens with two attached hydrogens (primary N) is 1. The van der Waals surface area contributed by atoms with Gasteiger partial charge in [-0.25, -0.2) is 0 Å². The molecule has 15 heavy (non-hydrogen) atoms. The van der Waals surface area contributed by atoms with Crippen molar-refractivity contribution in [2.45, 2.75) is 0 Å². The molecule has 5 nitrogen and oxygen atoms in total. The monoisotopic (exact) mass is 204 g/mol. The standard InChI is InChI=1S/C10H8N2O3/c1-15-8-3-2-6(5-13)9(10(12)14)7(8)4-11/h2-3,5H,1H3,(H2,12,14). The Kier molecular flexibility index (Phi) is 3.03. The molecule has 0 aromatic heterocycles. The average molecular weight is 204 g/mol. The fraction of sp³-hybridized carbons (Fsp3) is 0.100. The van der Waals surface area contributed by atoms with Crippen molar-refractivity contribution in [1.29, 1.82) is 5.26 Å². The first-order valence-corrected chi connectivity index (χ1v) is 4.01. The first-order valence-electron chi connectivity index (χ1n) is 4.01. The van der Waals surface area contributed by atoms with Gasteiger partial charge in [0.1, 0.15) is 17.4 Å². The second-order valence-electron chi connectivity index (χ2n) is 2.70. The van der Waals surface area contributed by atoms with E-state index in [1.54, 1.807) is 6.07 Å². The van der Waals surface area contributed by atoms with Gasteiger partial charge in [0, 0.05) is 5.56 Å². The molecule has 1 amide bonds. The van der Waals surface area contributed by atoms with Crippen molar-refractivity contribution in [3.8, 4) is 11.8 Å². The van der Waals surface area contributed by atoms with Crippen LogP contribution in [-0.2, 0) is 0 Å². The van der Waals surface area contributed by atoms with E-state index in [0.29, 0.717) is 6.29 Å². The summed E-state index contributed by atoms with van der Waals surface area (Å²) in [5, 5.41) is 8.85. The van der Waals surface area contributed by atoms with Crippen molar-refractivity contribution in [3.05, 3.63) is 28.8 Å². The van der Waals surface area contributed by atoms with Gasteiger partial charge in [0.25, 0.3) is 5.91 Å². The Bertz CT molecular complexity index is 460. The van der Waals surface area contributed by atoms with Crippen LogP contribution in [0, 0.1) is 11.3 Å². The topological polar surface area (TPSA) is 93.2 Å². The van der Waals surface area contributed by atoms with E-state index < -0.39 is 5.91 Å². The number of hydrogen-bond donors (Lipinski definition) is 1. The lowest BCUT2D eigenvalue weighted by Gasteiger charge is -2.07. The van der Waals surface area contributed by atoms with E-state index in [2.05, 4.69) is 0 Å². The molecule has 0 atom stereocenters. The Morgan fingerprint density at radius 2 is 2.27 bits per heavy atom. The maximum absolute atomic E-state index is 11.1. The third-order valence-electron chi connectivity index (χ3n) is 1.90. The number of nitrogens with zero attached hydrogens (tertiary/aromatic N) is 1. The second kappa shape index (κ2) is 4.24. The summed E-state index contributed by atoms with van der Waals surface area (Å²) in [6.45, 7) is 0. The maximum Gasteiger partial charge on any atom is 0.250 e. The number of primary amides is 1. The Morgan fingerprint density at radius 3 is 2.67 bits per heavy atom. The number of ether oxygens (including phenoxy) is 1. The summed E-state index contributed by atoms with van der Waals surface area (Å²) in [6, 6.07) is 4.61. The largest absolute Gasteiger partial charge is 0.495 e. The molecular formula is C10H8N2O3. The summed E-state index contributed by atoms with van der Waals surface area (Å²) in [5.41, 5.74) is 5.05. The molecule has 0 fully saturated rings. The SMILES string of the molecule is COc1ccc(C=O)c(C(N)=O)c1C#N. The van der Waals surface area contributed by atoms with Crippen LogP contribution in [0.15, 0.2) is 12.1 Å². The van der Waals surface area contributed by atoms with E-state index in [9.17, 15) is 9.59 Å². The van der Waals surface area contributed by atoms with Crippen molar-refractivity contribution >= 4 is 12.2 Å². The molecular weight excluding hydrogens is 196 g/mol. The summed E-state index contributed by atoms with van der Waals surface area (Å²) < 4.78 is 4.88. The molecule has 0 saturated carbocycles. The zero-order chi connectivity index (χ0) is 11.4. The number of rotatable bonds is 3. The van der Waals surface area contributed by atoms with Gasteiger partial charge in [-0.05, 0) is 12.1 Å². The number of aldehydes is 1. The smallest absolute Gasteiger partial charge is 0.250 e. The molecule has 5 heteroatoms. The number of amides is 1. The van der Waals surface area contributed by atoms with E-state index in [0.717, 1.165) is 0 Å². The average Bonchev–Trinajstić information content (AvgIpc) is 2.26. The Balaban J connectivity index is 3.60. The maximum atomic E-state index is 11.1. The molecule has 1 aromatic rings. The van der Waals surface area contributed by atoms with Crippen molar-refractivity contribution in [3.63, 3.8) is 0 Å². The number of carbonyl (C=O) groups excluding carboxylic acids is 2. The van der Waals surface area contributed by atoms with Crippen LogP contribution in [-0.4, -0.2) is 19.3 Å². The molecule has 0 bridgehead atoms. The van der Waals surface area contributed by atoms with Crippen LogP contribution >= 0.6 is 0 Å². The molecule has 1 rings (SSSR count). The highest BCUT2D eigenvalue weighted by Crippen LogP contribution is 2.23. The fourth-order valence-corrected chi connectivity index (χ4v) is 1.24. The summed E-state index contributed by atoms with van der Waals surface area (Å²) in [6.07, 6.45) is 0.473. The lowest BCUT2D eigenvalue weighted by Crippen LogP contribution is -2.16. The van der Waals surface area contributed by atoms with Gasteiger partial charge >= 0.3 is 0 Å². The van der Waals surface area contributed by atoms with Gasteiger partial charge in [-0.2, -0.15) is 5.26 Å². The van der Waals surface area contributed by atoms with Gasteiger partial charge in [0.05, 0.1) is 12.7 Å². The first-order chi connectivity index (χ1) is 7.15. The predicted molar refractivity (Wildman–Crippen MR) is 51.6 cm³/mol. The molecule has 0 aliphatic rings. The van der Waals surface area contributed by atoms with Crippen LogP contribution in [0.3, 0.4) is 0 Å². The summed E-state index contributed by atoms with van der Waals surface area (Å²) in [4.78, 5) is 21.7. The normalized spacial score (nSPS) is 9.07. The van der Waals surface area contributed by atoms with Crippen LogP contribution in [0.25, 0.3) is 0 Å². The number of nitriles is 1. The van der Waals surface area contributed by atoms with E-state index in [4.69, 9.17) is 15.7 Å². The van der Waals surface area contributed by atoms with Crippen LogP contribution < -0.4 is 10.5 Å². The van der Waals surface area contributed by atoms with Crippen molar-refractivity contribution in [2.24, 2.45) is 5.73 Å². The lowest BCUT2D eigenvalue weighted by molar-refractivity contribution is 0.0992. The second-order valence-corrected chi connectivity index (χ2v) is 2.70. The van der Waals surface area contributed by atoms with Crippen LogP contribution in [0.4, 0.5) is 0 Å². The van der Waals surface area contributed by atoms with E-state index >= 15 is 0 Å². The van der Waals surface area contributed by atoms with Gasteiger partial charge in [0.2, 0.25) is 0 Å². The molecule has 0 heterocycles. The molecule has 1 aromatic carbocycles. The minimum atomic E-state index is -0.826. The van der Waals surface area contributed by atoms with Crippen LogP contribution in [0.1, 0.15) is 26.3 Å². The Labute approximate surface area is 86.1 Å². The number of hydrogen-bond acceptors (Lipinski definition) is 4. The Hall–Kier alpha value is -2.35. The van der Waals surface area contributed by atoms with Crippen molar-refractivity contribution in [1.82, 2.24) is 0 Å². The van der Waals surface area contributed by atoms with Gasteiger partial charge in [-0.3, -0.25) is 9.59 Å². The zero-order valence-electron chi connectivity index (χ0n) is 7.98. The molecule has 0 aliphatic carbocycles. The summed E-state index contributed by atoms with van der Waals surface area (Å²) >= 11 is 0. The first kappa shape index (κ1) is 10.7. The highest BCUT2D eigenvalue weighted by atomic mass is 16.5. The summed E-state index contributed by atoms with van der Waals surface area (Å²) in [5.74, 6) is -0.607. The third-order valence-corrected chi connectivity index (χ3v) is 1.90. The van der Waals surface area contributed by atoms with Gasteiger partial charge in [-0.1, -0.05) is 0 Å². The zero-order valence-corrected chi connectivity index (χ0v) is 7.98. The van der Waals surface area contributed by atoms with E-state index in [1.807, 2.05) is 0 Å². The van der Waals surface area contributed by atoms with E-state index in [1.165, 1.54) is 19.2 Å². The van der Waals surface area contributed by atoms with Crippen molar-refractivity contribution < 1.29 is 14.3 Å². The highest BCUT2D eigenvalue weighted by molar-refractivity contribution is 6.03. The molecule has 0 spiro atoms. The van der Waals surface area contributed by atoms with Gasteiger partial charge in [-0.15, -0.1) is 0 Å². The molecule has 76 valence electrons. The lowest BCUT2D eigenvalue weighted by atomic mass is 10.0. The van der Waals surface area contributed by atoms with Gasteiger partial charge < -0.3 is 10.5 Å².